The Labute approximate surface area is 96.2 Å². The maximum atomic E-state index is 11.8. The lowest BCUT2D eigenvalue weighted by molar-refractivity contribution is 0.0971. The third-order valence-electron chi connectivity index (χ3n) is 2.13. The monoisotopic (exact) mass is 222 g/mol. The first-order chi connectivity index (χ1) is 7.63. The molecule has 4 nitrogen and oxygen atoms in total. The molecule has 1 heterocycles. The predicted molar refractivity (Wildman–Crippen MR) is 62.9 cm³/mol. The molecule has 0 unspecified atom stereocenters. The lowest BCUT2D eigenvalue weighted by Crippen LogP contribution is -2.16. The van der Waals surface area contributed by atoms with Gasteiger partial charge in [0.15, 0.2) is 5.78 Å². The number of carbonyl (C=O) groups excluding carboxylic acids is 1. The van der Waals surface area contributed by atoms with E-state index < -0.39 is 0 Å². The molecule has 0 aliphatic heterocycles. The van der Waals surface area contributed by atoms with E-state index in [2.05, 4.69) is 4.98 Å². The van der Waals surface area contributed by atoms with Gasteiger partial charge in [0.05, 0.1) is 12.8 Å². The lowest BCUT2D eigenvalue weighted by atomic mass is 10.1. The molecule has 1 rings (SSSR count). The summed E-state index contributed by atoms with van der Waals surface area (Å²) >= 11 is 0. The summed E-state index contributed by atoms with van der Waals surface area (Å²) in [6.45, 7) is 3.23. The molecule has 0 aliphatic carbocycles. The zero-order valence-corrected chi connectivity index (χ0v) is 10.1. The average Bonchev–Trinajstić information content (AvgIpc) is 2.26. The van der Waals surface area contributed by atoms with Gasteiger partial charge in [-0.3, -0.25) is 9.78 Å². The number of rotatable bonds is 6. The molecule has 88 valence electrons. The van der Waals surface area contributed by atoms with Crippen LogP contribution in [0.4, 0.5) is 0 Å². The van der Waals surface area contributed by atoms with E-state index >= 15 is 0 Å². The number of pyridine rings is 1. The molecule has 4 heteroatoms. The van der Waals surface area contributed by atoms with Crippen molar-refractivity contribution in [2.45, 2.75) is 13.3 Å². The van der Waals surface area contributed by atoms with Crippen LogP contribution in [-0.2, 0) is 0 Å². The number of ether oxygens (including phenoxy) is 1. The fourth-order valence-electron chi connectivity index (χ4n) is 1.29. The first-order valence-corrected chi connectivity index (χ1v) is 5.39. The van der Waals surface area contributed by atoms with Crippen LogP contribution < -0.4 is 4.74 Å². The third-order valence-corrected chi connectivity index (χ3v) is 2.13. The van der Waals surface area contributed by atoms with Crippen molar-refractivity contribution in [3.63, 3.8) is 0 Å². The highest BCUT2D eigenvalue weighted by atomic mass is 16.5. The minimum Gasteiger partial charge on any atom is -0.492 e. The Balaban J connectivity index is 2.64. The molecule has 1 aromatic rings. The number of nitrogens with zero attached hydrogens (tertiary/aromatic N) is 2. The van der Waals surface area contributed by atoms with Crippen molar-refractivity contribution < 1.29 is 9.53 Å². The molecule has 0 saturated carbocycles. The van der Waals surface area contributed by atoms with Crippen molar-refractivity contribution in [1.82, 2.24) is 9.88 Å². The molecule has 0 amide bonds. The quantitative estimate of drug-likeness (QED) is 0.686. The Kier molecular flexibility index (Phi) is 4.92. The SMILES string of the molecule is CCOc1cncc(C(=O)CCN(C)C)c1. The second kappa shape index (κ2) is 6.23. The van der Waals surface area contributed by atoms with Crippen LogP contribution >= 0.6 is 0 Å². The molecule has 0 atom stereocenters. The summed E-state index contributed by atoms with van der Waals surface area (Å²) in [4.78, 5) is 17.8. The maximum Gasteiger partial charge on any atom is 0.165 e. The fraction of sp³-hybridized carbons (Fsp3) is 0.500. The minimum absolute atomic E-state index is 0.0998. The predicted octanol–water partition coefficient (Wildman–Crippen LogP) is 1.61. The Morgan fingerprint density at radius 1 is 1.44 bits per heavy atom. The summed E-state index contributed by atoms with van der Waals surface area (Å²) in [6, 6.07) is 1.74. The highest BCUT2D eigenvalue weighted by molar-refractivity contribution is 5.96. The fourth-order valence-corrected chi connectivity index (χ4v) is 1.29. The van der Waals surface area contributed by atoms with Crippen LogP contribution in [0.3, 0.4) is 0 Å². The second-order valence-corrected chi connectivity index (χ2v) is 3.82. The van der Waals surface area contributed by atoms with Gasteiger partial charge in [0, 0.05) is 24.7 Å². The van der Waals surface area contributed by atoms with E-state index in [1.165, 1.54) is 0 Å². The van der Waals surface area contributed by atoms with Crippen LogP contribution in [0.25, 0.3) is 0 Å². The second-order valence-electron chi connectivity index (χ2n) is 3.82. The van der Waals surface area contributed by atoms with Gasteiger partial charge < -0.3 is 9.64 Å². The smallest absolute Gasteiger partial charge is 0.165 e. The van der Waals surface area contributed by atoms with Crippen LogP contribution in [0.5, 0.6) is 5.75 Å². The van der Waals surface area contributed by atoms with Crippen molar-refractivity contribution in [1.29, 1.82) is 0 Å². The Hall–Kier alpha value is -1.42. The topological polar surface area (TPSA) is 42.4 Å². The van der Waals surface area contributed by atoms with E-state index in [4.69, 9.17) is 4.74 Å². The Morgan fingerprint density at radius 3 is 2.81 bits per heavy atom. The molecule has 0 aliphatic rings. The number of carbonyl (C=O) groups is 1. The lowest BCUT2D eigenvalue weighted by Gasteiger charge is -2.08. The van der Waals surface area contributed by atoms with Crippen molar-refractivity contribution in [2.24, 2.45) is 0 Å². The summed E-state index contributed by atoms with van der Waals surface area (Å²) < 4.78 is 5.30. The maximum absolute atomic E-state index is 11.8. The number of aromatic nitrogens is 1. The number of Topliss-reactive ketones (excluding diaryl/α,β-unsaturated/α-hetero) is 1. The van der Waals surface area contributed by atoms with Gasteiger partial charge in [-0.2, -0.15) is 0 Å². The normalized spacial score (nSPS) is 10.5. The summed E-state index contributed by atoms with van der Waals surface area (Å²) in [6.07, 6.45) is 3.71. The van der Waals surface area contributed by atoms with Gasteiger partial charge in [0.1, 0.15) is 5.75 Å². The standard InChI is InChI=1S/C12H18N2O2/c1-4-16-11-7-10(8-13-9-11)12(15)5-6-14(2)3/h7-9H,4-6H2,1-3H3. The molecule has 0 spiro atoms. The largest absolute Gasteiger partial charge is 0.492 e. The summed E-state index contributed by atoms with van der Waals surface area (Å²) in [7, 11) is 3.89. The zero-order chi connectivity index (χ0) is 12.0. The molecule has 0 radical (unpaired) electrons. The van der Waals surface area contributed by atoms with E-state index in [1.54, 1.807) is 18.5 Å². The van der Waals surface area contributed by atoms with Gasteiger partial charge in [0.25, 0.3) is 0 Å². The number of ketones is 1. The van der Waals surface area contributed by atoms with Crippen LogP contribution in [0.1, 0.15) is 23.7 Å². The molecule has 16 heavy (non-hydrogen) atoms. The molecule has 0 aromatic carbocycles. The van der Waals surface area contributed by atoms with Crippen LogP contribution in [-0.4, -0.2) is 42.9 Å². The summed E-state index contributed by atoms with van der Waals surface area (Å²) in [5, 5.41) is 0. The Bertz CT molecular complexity index is 351. The first-order valence-electron chi connectivity index (χ1n) is 5.39. The zero-order valence-electron chi connectivity index (χ0n) is 10.1. The van der Waals surface area contributed by atoms with Crippen molar-refractivity contribution in [3.05, 3.63) is 24.0 Å². The van der Waals surface area contributed by atoms with Crippen molar-refractivity contribution in [2.75, 3.05) is 27.2 Å². The molecule has 0 N–H and O–H groups in total. The van der Waals surface area contributed by atoms with Gasteiger partial charge >= 0.3 is 0 Å². The van der Waals surface area contributed by atoms with Crippen LogP contribution in [0.2, 0.25) is 0 Å². The summed E-state index contributed by atoms with van der Waals surface area (Å²) in [5.74, 6) is 0.751. The number of hydrogen-bond donors (Lipinski definition) is 0. The molecular weight excluding hydrogens is 204 g/mol. The van der Waals surface area contributed by atoms with Gasteiger partial charge in [-0.05, 0) is 27.1 Å². The minimum atomic E-state index is 0.0998. The van der Waals surface area contributed by atoms with E-state index in [9.17, 15) is 4.79 Å². The molecule has 0 bridgehead atoms. The highest BCUT2D eigenvalue weighted by Crippen LogP contribution is 2.12. The molecule has 0 saturated heterocycles. The van der Waals surface area contributed by atoms with Gasteiger partial charge in [-0.1, -0.05) is 0 Å². The van der Waals surface area contributed by atoms with Gasteiger partial charge in [0.2, 0.25) is 0 Å². The molecule has 0 fully saturated rings. The van der Waals surface area contributed by atoms with Crippen molar-refractivity contribution in [3.8, 4) is 5.75 Å². The summed E-state index contributed by atoms with van der Waals surface area (Å²) in [5.41, 5.74) is 0.618. The van der Waals surface area contributed by atoms with Gasteiger partial charge in [-0.15, -0.1) is 0 Å². The van der Waals surface area contributed by atoms with Gasteiger partial charge in [-0.25, -0.2) is 0 Å². The van der Waals surface area contributed by atoms with Crippen LogP contribution in [0, 0.1) is 0 Å². The number of hydrogen-bond acceptors (Lipinski definition) is 4. The van der Waals surface area contributed by atoms with Crippen molar-refractivity contribution >= 4 is 5.78 Å². The first kappa shape index (κ1) is 12.6. The van der Waals surface area contributed by atoms with E-state index in [0.717, 1.165) is 6.54 Å². The Morgan fingerprint density at radius 2 is 2.19 bits per heavy atom. The van der Waals surface area contributed by atoms with E-state index in [-0.39, 0.29) is 5.78 Å². The molecular formula is C12H18N2O2. The van der Waals surface area contributed by atoms with Crippen LogP contribution in [0.15, 0.2) is 18.5 Å². The van der Waals surface area contributed by atoms with E-state index in [0.29, 0.717) is 24.3 Å². The third kappa shape index (κ3) is 3.98. The highest BCUT2D eigenvalue weighted by Gasteiger charge is 2.07. The average molecular weight is 222 g/mol. The molecule has 1 aromatic heterocycles. The van der Waals surface area contributed by atoms with E-state index in [1.807, 2.05) is 25.9 Å².